The van der Waals surface area contributed by atoms with Crippen LogP contribution in [-0.2, 0) is 20.3 Å². The van der Waals surface area contributed by atoms with Crippen LogP contribution in [0.15, 0.2) is 29.2 Å². The number of ether oxygens (including phenoxy) is 1. The van der Waals surface area contributed by atoms with E-state index in [0.717, 1.165) is 12.8 Å². The molecule has 1 heterocycles. The Kier molecular flexibility index (Phi) is 3.91. The van der Waals surface area contributed by atoms with Crippen molar-refractivity contribution in [2.24, 2.45) is 0 Å². The summed E-state index contributed by atoms with van der Waals surface area (Å²) in [6.45, 7) is 0.650. The van der Waals surface area contributed by atoms with E-state index in [2.05, 4.69) is 5.32 Å². The second kappa shape index (κ2) is 5.42. The number of benzene rings is 1. The quantitative estimate of drug-likeness (QED) is 0.889. The van der Waals surface area contributed by atoms with Crippen LogP contribution in [0.2, 0.25) is 0 Å². The Morgan fingerprint density at radius 1 is 1.53 bits per heavy atom. The Balaban J connectivity index is 2.05. The number of carbonyl (C=O) groups is 1. The Morgan fingerprint density at radius 3 is 3.00 bits per heavy atom. The smallest absolute Gasteiger partial charge is 0.253 e. The fourth-order valence-corrected chi connectivity index (χ4v) is 2.32. The van der Waals surface area contributed by atoms with Crippen molar-refractivity contribution in [1.82, 2.24) is 0 Å². The maximum atomic E-state index is 11.8. The largest absolute Gasteiger partial charge is 0.368 e. The third kappa shape index (κ3) is 3.14. The average Bonchev–Trinajstić information content (AvgIpc) is 2.82. The molecular weight excluding hydrogens is 238 g/mol. The molecule has 0 saturated carbocycles. The first-order valence-corrected chi connectivity index (χ1v) is 7.08. The van der Waals surface area contributed by atoms with Crippen LogP contribution in [0.25, 0.3) is 0 Å². The molecule has 2 atom stereocenters. The zero-order valence-electron chi connectivity index (χ0n) is 9.64. The molecule has 0 aliphatic carbocycles. The van der Waals surface area contributed by atoms with Gasteiger partial charge in [-0.05, 0) is 31.0 Å². The van der Waals surface area contributed by atoms with E-state index in [1.807, 2.05) is 0 Å². The van der Waals surface area contributed by atoms with E-state index in [-0.39, 0.29) is 12.0 Å². The third-order valence-corrected chi connectivity index (χ3v) is 3.57. The molecule has 2 unspecified atom stereocenters. The van der Waals surface area contributed by atoms with Crippen LogP contribution in [0, 0.1) is 0 Å². The summed E-state index contributed by atoms with van der Waals surface area (Å²) < 4.78 is 16.6. The third-order valence-electron chi connectivity index (χ3n) is 2.66. The summed E-state index contributed by atoms with van der Waals surface area (Å²) in [6.07, 6.45) is 2.97. The van der Waals surface area contributed by atoms with E-state index >= 15 is 0 Å². The lowest BCUT2D eigenvalue weighted by Gasteiger charge is -2.10. The molecule has 1 N–H and O–H groups in total. The van der Waals surface area contributed by atoms with Crippen LogP contribution in [0.3, 0.4) is 0 Å². The second-order valence-corrected chi connectivity index (χ2v) is 5.35. The van der Waals surface area contributed by atoms with Crippen molar-refractivity contribution >= 4 is 22.4 Å². The van der Waals surface area contributed by atoms with Gasteiger partial charge in [0.1, 0.15) is 6.10 Å². The van der Waals surface area contributed by atoms with Crippen LogP contribution < -0.4 is 5.32 Å². The van der Waals surface area contributed by atoms with E-state index in [1.165, 1.54) is 0 Å². The molecule has 5 heteroatoms. The van der Waals surface area contributed by atoms with Crippen molar-refractivity contribution in [3.05, 3.63) is 24.3 Å². The number of hydrogen-bond acceptors (Lipinski definition) is 3. The van der Waals surface area contributed by atoms with Crippen molar-refractivity contribution in [3.63, 3.8) is 0 Å². The highest BCUT2D eigenvalue weighted by Gasteiger charge is 2.23. The number of rotatable bonds is 3. The number of amides is 1. The summed E-state index contributed by atoms with van der Waals surface area (Å²) in [5.41, 5.74) is 0.665. The fraction of sp³-hybridized carbons (Fsp3) is 0.417. The monoisotopic (exact) mass is 253 g/mol. The molecule has 0 spiro atoms. The lowest BCUT2D eigenvalue weighted by Crippen LogP contribution is -2.26. The predicted molar refractivity (Wildman–Crippen MR) is 66.4 cm³/mol. The van der Waals surface area contributed by atoms with Gasteiger partial charge in [0, 0.05) is 34.2 Å². The topological polar surface area (TPSA) is 55.4 Å². The number of nitrogens with one attached hydrogen (secondary N) is 1. The average molecular weight is 253 g/mol. The summed E-state index contributed by atoms with van der Waals surface area (Å²) >= 11 is 0. The molecule has 4 nitrogen and oxygen atoms in total. The molecule has 1 aromatic rings. The Labute approximate surface area is 103 Å². The Hall–Kier alpha value is -1.20. The molecule has 1 aromatic carbocycles. The molecule has 1 fully saturated rings. The van der Waals surface area contributed by atoms with Gasteiger partial charge in [0.15, 0.2) is 0 Å². The van der Waals surface area contributed by atoms with Gasteiger partial charge in [0.05, 0.1) is 0 Å². The first-order valence-electron chi connectivity index (χ1n) is 5.53. The van der Waals surface area contributed by atoms with Gasteiger partial charge >= 0.3 is 0 Å². The normalized spacial score (nSPS) is 21.1. The van der Waals surface area contributed by atoms with E-state index < -0.39 is 10.8 Å². The maximum absolute atomic E-state index is 11.8. The number of anilines is 1. The van der Waals surface area contributed by atoms with Crippen LogP contribution in [0.4, 0.5) is 5.69 Å². The molecular formula is C12H15NO3S. The van der Waals surface area contributed by atoms with Crippen LogP contribution in [-0.4, -0.2) is 29.1 Å². The molecule has 0 bridgehead atoms. The van der Waals surface area contributed by atoms with Crippen LogP contribution in [0.5, 0.6) is 0 Å². The lowest BCUT2D eigenvalue weighted by molar-refractivity contribution is -0.124. The maximum Gasteiger partial charge on any atom is 0.253 e. The van der Waals surface area contributed by atoms with Gasteiger partial charge in [0.25, 0.3) is 5.91 Å². The minimum absolute atomic E-state index is 0.124. The van der Waals surface area contributed by atoms with Gasteiger partial charge in [-0.25, -0.2) is 0 Å². The SMILES string of the molecule is CS(=O)c1cccc(NC(=O)C2CCCO2)c1. The molecule has 0 radical (unpaired) electrons. The van der Waals surface area contributed by atoms with Crippen LogP contribution >= 0.6 is 0 Å². The molecule has 17 heavy (non-hydrogen) atoms. The zero-order valence-corrected chi connectivity index (χ0v) is 10.5. The van der Waals surface area contributed by atoms with Gasteiger partial charge < -0.3 is 10.1 Å². The Morgan fingerprint density at radius 2 is 2.35 bits per heavy atom. The molecule has 1 aliphatic rings. The molecule has 1 saturated heterocycles. The predicted octanol–water partition coefficient (Wildman–Crippen LogP) is 1.54. The minimum Gasteiger partial charge on any atom is -0.368 e. The summed E-state index contributed by atoms with van der Waals surface area (Å²) in [4.78, 5) is 12.5. The van der Waals surface area contributed by atoms with Crippen molar-refractivity contribution in [2.75, 3.05) is 18.2 Å². The highest BCUT2D eigenvalue weighted by Crippen LogP contribution is 2.17. The van der Waals surface area contributed by atoms with E-state index in [4.69, 9.17) is 4.74 Å². The highest BCUT2D eigenvalue weighted by molar-refractivity contribution is 7.84. The number of hydrogen-bond donors (Lipinski definition) is 1. The summed E-state index contributed by atoms with van der Waals surface area (Å²) in [6, 6.07) is 7.06. The summed E-state index contributed by atoms with van der Waals surface area (Å²) in [7, 11) is -1.04. The molecule has 92 valence electrons. The first kappa shape index (κ1) is 12.3. The molecule has 0 aromatic heterocycles. The van der Waals surface area contributed by atoms with Gasteiger partial charge in [-0.15, -0.1) is 0 Å². The number of carbonyl (C=O) groups excluding carboxylic acids is 1. The first-order chi connectivity index (χ1) is 8.16. The molecule has 1 aliphatic heterocycles. The van der Waals surface area contributed by atoms with Gasteiger partial charge in [0.2, 0.25) is 0 Å². The van der Waals surface area contributed by atoms with Crippen LogP contribution in [0.1, 0.15) is 12.8 Å². The van der Waals surface area contributed by atoms with E-state index in [9.17, 15) is 9.00 Å². The van der Waals surface area contributed by atoms with Gasteiger partial charge in [-0.1, -0.05) is 6.07 Å². The van der Waals surface area contributed by atoms with Crippen molar-refractivity contribution in [3.8, 4) is 0 Å². The highest BCUT2D eigenvalue weighted by atomic mass is 32.2. The van der Waals surface area contributed by atoms with E-state index in [1.54, 1.807) is 30.5 Å². The molecule has 1 amide bonds. The summed E-state index contributed by atoms with van der Waals surface area (Å²) in [5, 5.41) is 2.78. The van der Waals surface area contributed by atoms with Gasteiger partial charge in [-0.3, -0.25) is 9.00 Å². The van der Waals surface area contributed by atoms with Crippen molar-refractivity contribution in [1.29, 1.82) is 0 Å². The second-order valence-electron chi connectivity index (χ2n) is 3.97. The fourth-order valence-electron chi connectivity index (χ4n) is 1.76. The lowest BCUT2D eigenvalue weighted by atomic mass is 10.2. The van der Waals surface area contributed by atoms with Crippen molar-refractivity contribution in [2.45, 2.75) is 23.8 Å². The molecule has 2 rings (SSSR count). The zero-order chi connectivity index (χ0) is 12.3. The summed E-state index contributed by atoms with van der Waals surface area (Å²) in [5.74, 6) is -0.124. The van der Waals surface area contributed by atoms with E-state index in [0.29, 0.717) is 17.2 Å². The van der Waals surface area contributed by atoms with Gasteiger partial charge in [-0.2, -0.15) is 0 Å². The van der Waals surface area contributed by atoms with Crippen molar-refractivity contribution < 1.29 is 13.7 Å². The Bertz CT molecular complexity index is 441. The minimum atomic E-state index is -1.04. The standard InChI is InChI=1S/C12H15NO3S/c1-17(15)10-5-2-4-9(8-10)13-12(14)11-6-3-7-16-11/h2,4-5,8,11H,3,6-7H2,1H3,(H,13,14).